The normalized spacial score (nSPS) is 13.6. The third-order valence-electron chi connectivity index (χ3n) is 3.58. The topological polar surface area (TPSA) is 148 Å². The molecule has 9 nitrogen and oxygen atoms in total. The second-order valence-corrected chi connectivity index (χ2v) is 4.97. The van der Waals surface area contributed by atoms with Crippen LogP contribution in [0.4, 0.5) is 17.5 Å². The van der Waals surface area contributed by atoms with Crippen molar-refractivity contribution in [2.45, 2.75) is 6.42 Å². The number of hydrogen-bond acceptors (Lipinski definition) is 8. The van der Waals surface area contributed by atoms with E-state index in [0.29, 0.717) is 31.1 Å². The van der Waals surface area contributed by atoms with Gasteiger partial charge in [-0.2, -0.15) is 4.98 Å². The van der Waals surface area contributed by atoms with Gasteiger partial charge in [0, 0.05) is 12.0 Å². The Morgan fingerprint density at radius 2 is 1.95 bits per heavy atom. The number of nitrogens with one attached hydrogen (secondary N) is 2. The van der Waals surface area contributed by atoms with E-state index in [-0.39, 0.29) is 62.3 Å². The van der Waals surface area contributed by atoms with Crippen LogP contribution < -0.4 is 51.1 Å². The Hall–Kier alpha value is -0.840. The zero-order valence-electron chi connectivity index (χ0n) is 13.0. The Labute approximate surface area is 145 Å². The molecule has 0 saturated heterocycles. The van der Waals surface area contributed by atoms with Gasteiger partial charge in [0.05, 0.1) is 26.5 Å². The van der Waals surface area contributed by atoms with E-state index in [9.17, 15) is 20.1 Å². The molecule has 0 fully saturated rings. The second-order valence-electron chi connectivity index (χ2n) is 4.97. The molecule has 0 aromatic carbocycles. The number of hydrogen-bond donors (Lipinski definition) is 6. The fourth-order valence-electron chi connectivity index (χ4n) is 2.06. The Balaban J connectivity index is 0.00000220. The van der Waals surface area contributed by atoms with Crippen molar-refractivity contribution in [1.82, 2.24) is 9.97 Å². The number of rotatable bonds is 6. The maximum Gasteiger partial charge on any atom is 1.00 e. The first-order valence-corrected chi connectivity index (χ1v) is 6.26. The van der Waals surface area contributed by atoms with Crippen LogP contribution in [0.3, 0.4) is 0 Å². The SMILES string of the molecule is Nc1nc2c(c(=O)[nH]1)NCN2CCC(CO)(CO)CO.[H-].[Na+]. The number of anilines is 3. The first-order valence-electron chi connectivity index (χ1n) is 6.26. The smallest absolute Gasteiger partial charge is 1.00 e. The third kappa shape index (κ3) is 3.68. The number of aromatic amines is 1. The molecule has 0 amide bonds. The Morgan fingerprint density at radius 3 is 2.52 bits per heavy atom. The van der Waals surface area contributed by atoms with E-state index in [1.54, 1.807) is 4.90 Å². The molecule has 1 aromatic rings. The van der Waals surface area contributed by atoms with Crippen molar-refractivity contribution in [2.24, 2.45) is 5.41 Å². The molecule has 2 heterocycles. The molecule has 0 atom stereocenters. The maximum absolute atomic E-state index is 11.7. The van der Waals surface area contributed by atoms with Gasteiger partial charge < -0.3 is 32.7 Å². The summed E-state index contributed by atoms with van der Waals surface area (Å²) in [5.41, 5.74) is 4.57. The van der Waals surface area contributed by atoms with Gasteiger partial charge in [-0.15, -0.1) is 0 Å². The molecule has 7 N–H and O–H groups in total. The van der Waals surface area contributed by atoms with E-state index in [4.69, 9.17) is 5.73 Å². The van der Waals surface area contributed by atoms with Crippen LogP contribution in [-0.2, 0) is 0 Å². The summed E-state index contributed by atoms with van der Waals surface area (Å²) >= 11 is 0. The number of nitrogens with two attached hydrogens (primary N) is 1. The van der Waals surface area contributed by atoms with Crippen molar-refractivity contribution >= 4 is 17.5 Å². The molecule has 1 aliphatic heterocycles. The first kappa shape index (κ1) is 18.2. The number of nitrogen functional groups attached to an aromatic ring is 1. The molecule has 0 radical (unpaired) electrons. The number of nitrogens with zero attached hydrogens (tertiary/aromatic N) is 2. The fourth-order valence-corrected chi connectivity index (χ4v) is 2.06. The van der Waals surface area contributed by atoms with Gasteiger partial charge in [-0.05, 0) is 6.42 Å². The summed E-state index contributed by atoms with van der Waals surface area (Å²) in [4.78, 5) is 19.9. The van der Waals surface area contributed by atoms with Crippen molar-refractivity contribution in [1.29, 1.82) is 0 Å². The minimum Gasteiger partial charge on any atom is -1.00 e. The molecule has 114 valence electrons. The van der Waals surface area contributed by atoms with E-state index in [1.807, 2.05) is 0 Å². The largest absolute Gasteiger partial charge is 1.00 e. The summed E-state index contributed by atoms with van der Waals surface area (Å²) in [5, 5.41) is 30.8. The van der Waals surface area contributed by atoms with Crippen LogP contribution >= 0.6 is 0 Å². The van der Waals surface area contributed by atoms with Gasteiger partial charge in [0.2, 0.25) is 5.95 Å². The van der Waals surface area contributed by atoms with Gasteiger partial charge in [-0.1, -0.05) is 0 Å². The molecular formula is C11H20N5NaO4. The van der Waals surface area contributed by atoms with Crippen LogP contribution in [0.1, 0.15) is 7.85 Å². The van der Waals surface area contributed by atoms with Crippen LogP contribution in [0.2, 0.25) is 0 Å². The molecule has 10 heteroatoms. The van der Waals surface area contributed by atoms with Crippen molar-refractivity contribution in [3.05, 3.63) is 10.4 Å². The van der Waals surface area contributed by atoms with Crippen molar-refractivity contribution in [3.63, 3.8) is 0 Å². The summed E-state index contributed by atoms with van der Waals surface area (Å²) < 4.78 is 0. The van der Waals surface area contributed by atoms with Crippen LogP contribution in [0, 0.1) is 5.41 Å². The summed E-state index contributed by atoms with van der Waals surface area (Å²) in [5.74, 6) is 0.467. The molecule has 1 aliphatic rings. The fraction of sp³-hybridized carbons (Fsp3) is 0.636. The van der Waals surface area contributed by atoms with Gasteiger partial charge in [-0.3, -0.25) is 9.78 Å². The minimum absolute atomic E-state index is 0. The van der Waals surface area contributed by atoms with Gasteiger partial charge in [-0.25, -0.2) is 0 Å². The van der Waals surface area contributed by atoms with E-state index < -0.39 is 5.41 Å². The molecule has 0 unspecified atom stereocenters. The Bertz CT molecular complexity index is 531. The van der Waals surface area contributed by atoms with Gasteiger partial charge in [0.25, 0.3) is 5.56 Å². The molecule has 0 bridgehead atoms. The molecule has 0 saturated carbocycles. The number of aliphatic hydroxyl groups is 3. The van der Waals surface area contributed by atoms with Crippen LogP contribution in [0.25, 0.3) is 0 Å². The Kier molecular flexibility index (Phi) is 6.44. The zero-order chi connectivity index (χ0) is 14.8. The van der Waals surface area contributed by atoms with Crippen LogP contribution in [-0.4, -0.2) is 58.3 Å². The molecule has 0 aliphatic carbocycles. The van der Waals surface area contributed by atoms with E-state index >= 15 is 0 Å². The molecular weight excluding hydrogens is 289 g/mol. The summed E-state index contributed by atoms with van der Waals surface area (Å²) in [6, 6.07) is 0. The number of H-pyrrole nitrogens is 1. The summed E-state index contributed by atoms with van der Waals surface area (Å²) in [6.07, 6.45) is 0.353. The van der Waals surface area contributed by atoms with E-state index in [0.717, 1.165) is 0 Å². The first-order chi connectivity index (χ1) is 9.55. The second kappa shape index (κ2) is 7.43. The van der Waals surface area contributed by atoms with Gasteiger partial charge >= 0.3 is 29.6 Å². The van der Waals surface area contributed by atoms with Crippen molar-refractivity contribution in [3.8, 4) is 0 Å². The molecule has 1 aromatic heterocycles. The number of aliphatic hydroxyl groups excluding tert-OH is 3. The van der Waals surface area contributed by atoms with E-state index in [1.165, 1.54) is 0 Å². The Morgan fingerprint density at radius 1 is 1.33 bits per heavy atom. The standard InChI is InChI=1S/C11H19N5O4.Na.H/c12-10-14-8-7(9(20)15-10)13-6-16(8)2-1-11(3-17,4-18)5-19;;/h13,17-19H,1-6H2,(H3,12,14,15,20);;/q;+1;-1. The third-order valence-corrected chi connectivity index (χ3v) is 3.58. The monoisotopic (exact) mass is 309 g/mol. The average Bonchev–Trinajstić information content (AvgIpc) is 2.84. The van der Waals surface area contributed by atoms with E-state index in [2.05, 4.69) is 15.3 Å². The quantitative estimate of drug-likeness (QED) is 0.286. The zero-order valence-corrected chi connectivity index (χ0v) is 14.0. The number of aromatic nitrogens is 2. The van der Waals surface area contributed by atoms with Crippen molar-refractivity contribution in [2.75, 3.05) is 49.0 Å². The predicted molar refractivity (Wildman–Crippen MR) is 74.5 cm³/mol. The van der Waals surface area contributed by atoms with Gasteiger partial charge in [0.15, 0.2) is 5.82 Å². The summed E-state index contributed by atoms with van der Waals surface area (Å²) in [6.45, 7) is -0.165. The maximum atomic E-state index is 11.7. The van der Waals surface area contributed by atoms with Gasteiger partial charge in [0.1, 0.15) is 5.69 Å². The molecule has 2 rings (SSSR count). The van der Waals surface area contributed by atoms with Crippen LogP contribution in [0.5, 0.6) is 0 Å². The average molecular weight is 309 g/mol. The summed E-state index contributed by atoms with van der Waals surface area (Å²) in [7, 11) is 0. The van der Waals surface area contributed by atoms with Crippen LogP contribution in [0.15, 0.2) is 4.79 Å². The van der Waals surface area contributed by atoms with Crippen molar-refractivity contribution < 1.29 is 46.3 Å². The molecule has 0 spiro atoms. The number of fused-ring (bicyclic) bond motifs is 1. The predicted octanol–water partition coefficient (Wildman–Crippen LogP) is -4.99. The minimum atomic E-state index is -0.949. The molecule has 21 heavy (non-hydrogen) atoms.